The van der Waals surface area contributed by atoms with Gasteiger partial charge in [0.05, 0.1) is 25.4 Å². The molecule has 1 aliphatic rings. The van der Waals surface area contributed by atoms with Crippen LogP contribution in [-0.2, 0) is 16.5 Å². The van der Waals surface area contributed by atoms with Gasteiger partial charge in [-0.05, 0) is 20.5 Å². The minimum atomic E-state index is -0.195. The molecule has 1 amide bonds. The zero-order chi connectivity index (χ0) is 15.2. The monoisotopic (exact) mass is 296 g/mol. The summed E-state index contributed by atoms with van der Waals surface area (Å²) in [4.78, 5) is 18.3. The predicted molar refractivity (Wildman–Crippen MR) is 78.2 cm³/mol. The van der Waals surface area contributed by atoms with Crippen molar-refractivity contribution in [2.45, 2.75) is 18.6 Å². The van der Waals surface area contributed by atoms with E-state index in [0.29, 0.717) is 25.6 Å². The Hall–Kier alpha value is -1.44. The smallest absolute Gasteiger partial charge is 0.287 e. The van der Waals surface area contributed by atoms with Gasteiger partial charge in [-0.15, -0.1) is 0 Å². The Kier molecular flexibility index (Phi) is 5.72. The number of aryl methyl sites for hydroxylation is 1. The van der Waals surface area contributed by atoms with Gasteiger partial charge in [0.15, 0.2) is 5.82 Å². The van der Waals surface area contributed by atoms with Crippen LogP contribution in [0.5, 0.6) is 0 Å². The highest BCUT2D eigenvalue weighted by Crippen LogP contribution is 2.12. The maximum atomic E-state index is 12.2. The van der Waals surface area contributed by atoms with E-state index in [2.05, 4.69) is 15.2 Å². The molecule has 21 heavy (non-hydrogen) atoms. The largest absolute Gasteiger partial charge is 0.379 e. The summed E-state index contributed by atoms with van der Waals surface area (Å²) in [5, 5.41) is 2.96. The Morgan fingerprint density at radius 1 is 1.62 bits per heavy atom. The van der Waals surface area contributed by atoms with Crippen LogP contribution in [0.25, 0.3) is 0 Å². The molecule has 1 fully saturated rings. The fourth-order valence-electron chi connectivity index (χ4n) is 2.26. The molecule has 0 radical (unpaired) electrons. The number of ether oxygens (including phenoxy) is 2. The number of carbonyl (C=O) groups excluding carboxylic acids is 1. The Labute approximate surface area is 125 Å². The number of amides is 1. The van der Waals surface area contributed by atoms with Crippen molar-refractivity contribution in [3.63, 3.8) is 0 Å². The molecule has 7 heteroatoms. The first kappa shape index (κ1) is 15.9. The highest BCUT2D eigenvalue weighted by molar-refractivity contribution is 5.91. The quantitative estimate of drug-likeness (QED) is 0.793. The molecule has 0 aliphatic carbocycles. The molecule has 2 rings (SSSR count). The maximum Gasteiger partial charge on any atom is 0.287 e. The van der Waals surface area contributed by atoms with Crippen molar-refractivity contribution in [1.82, 2.24) is 19.8 Å². The maximum absolute atomic E-state index is 12.2. The number of rotatable bonds is 6. The van der Waals surface area contributed by atoms with E-state index in [4.69, 9.17) is 9.47 Å². The minimum absolute atomic E-state index is 0.0112. The molecule has 7 nitrogen and oxygen atoms in total. The molecular formula is C14H24N4O3. The summed E-state index contributed by atoms with van der Waals surface area (Å²) in [6.45, 7) is 2.65. The third-order valence-corrected chi connectivity index (χ3v) is 3.50. The van der Waals surface area contributed by atoms with E-state index in [1.54, 1.807) is 24.0 Å². The zero-order valence-electron chi connectivity index (χ0n) is 12.9. The van der Waals surface area contributed by atoms with E-state index in [-0.39, 0.29) is 18.1 Å². The molecule has 1 aliphatic heterocycles. The molecule has 0 saturated carbocycles. The summed E-state index contributed by atoms with van der Waals surface area (Å²) in [5.41, 5.74) is 0. The SMILES string of the molecule is CN(C)CCO[C@H]1CCOC[C@H]1NC(=O)c1nccn1C. The topological polar surface area (TPSA) is 68.6 Å². The Morgan fingerprint density at radius 3 is 3.10 bits per heavy atom. The number of carbonyl (C=O) groups is 1. The normalized spacial score (nSPS) is 22.5. The molecule has 1 aromatic rings. The first-order chi connectivity index (χ1) is 10.1. The van der Waals surface area contributed by atoms with Crippen molar-refractivity contribution in [1.29, 1.82) is 0 Å². The number of imidazole rings is 1. The molecule has 0 spiro atoms. The zero-order valence-corrected chi connectivity index (χ0v) is 12.9. The van der Waals surface area contributed by atoms with Crippen LogP contribution >= 0.6 is 0 Å². The molecule has 0 bridgehead atoms. The summed E-state index contributed by atoms with van der Waals surface area (Å²) >= 11 is 0. The standard InChI is InChI=1S/C14H24N4O3/c1-17(2)7-9-21-12-4-8-20-10-11(12)16-14(19)13-15-5-6-18(13)3/h5-6,11-12H,4,7-10H2,1-3H3,(H,16,19)/t11-,12+/m1/s1. The Morgan fingerprint density at radius 2 is 2.43 bits per heavy atom. The van der Waals surface area contributed by atoms with Gasteiger partial charge >= 0.3 is 0 Å². The molecular weight excluding hydrogens is 272 g/mol. The number of aromatic nitrogens is 2. The van der Waals surface area contributed by atoms with Gasteiger partial charge in [0, 0.05) is 32.6 Å². The van der Waals surface area contributed by atoms with Gasteiger partial charge in [-0.1, -0.05) is 0 Å². The molecule has 118 valence electrons. The lowest BCUT2D eigenvalue weighted by Gasteiger charge is -2.32. The second-order valence-electron chi connectivity index (χ2n) is 5.52. The van der Waals surface area contributed by atoms with E-state index < -0.39 is 0 Å². The van der Waals surface area contributed by atoms with Gasteiger partial charge in [-0.25, -0.2) is 4.98 Å². The van der Waals surface area contributed by atoms with E-state index >= 15 is 0 Å². The van der Waals surface area contributed by atoms with E-state index in [9.17, 15) is 4.79 Å². The number of hydrogen-bond acceptors (Lipinski definition) is 5. The van der Waals surface area contributed by atoms with Gasteiger partial charge in [-0.2, -0.15) is 0 Å². The van der Waals surface area contributed by atoms with Gasteiger partial charge in [0.2, 0.25) is 0 Å². The van der Waals surface area contributed by atoms with Crippen LogP contribution < -0.4 is 5.32 Å². The van der Waals surface area contributed by atoms with Crippen molar-refractivity contribution in [3.05, 3.63) is 18.2 Å². The molecule has 1 saturated heterocycles. The molecule has 2 atom stereocenters. The third-order valence-electron chi connectivity index (χ3n) is 3.50. The van der Waals surface area contributed by atoms with Crippen LogP contribution in [0.1, 0.15) is 17.0 Å². The molecule has 2 heterocycles. The Bertz CT molecular complexity index is 461. The fraction of sp³-hybridized carbons (Fsp3) is 0.714. The van der Waals surface area contributed by atoms with Gasteiger partial charge in [0.1, 0.15) is 0 Å². The lowest BCUT2D eigenvalue weighted by molar-refractivity contribution is -0.0562. The van der Waals surface area contributed by atoms with Gasteiger partial charge < -0.3 is 24.3 Å². The Balaban J connectivity index is 1.89. The molecule has 1 aromatic heterocycles. The van der Waals surface area contributed by atoms with Crippen LogP contribution in [0.3, 0.4) is 0 Å². The summed E-state index contributed by atoms with van der Waals surface area (Å²) in [7, 11) is 5.81. The van der Waals surface area contributed by atoms with Crippen LogP contribution in [-0.4, -0.2) is 73.0 Å². The van der Waals surface area contributed by atoms with Crippen LogP contribution in [0.2, 0.25) is 0 Å². The third kappa shape index (κ3) is 4.52. The first-order valence-electron chi connectivity index (χ1n) is 7.20. The van der Waals surface area contributed by atoms with Crippen molar-refractivity contribution < 1.29 is 14.3 Å². The summed E-state index contributed by atoms with van der Waals surface area (Å²) in [5.74, 6) is 0.201. The van der Waals surface area contributed by atoms with Crippen molar-refractivity contribution >= 4 is 5.91 Å². The average molecular weight is 296 g/mol. The molecule has 0 aromatic carbocycles. The molecule has 0 unspecified atom stereocenters. The average Bonchev–Trinajstić information content (AvgIpc) is 2.86. The van der Waals surface area contributed by atoms with Crippen LogP contribution in [0.4, 0.5) is 0 Å². The van der Waals surface area contributed by atoms with Crippen molar-refractivity contribution in [2.24, 2.45) is 7.05 Å². The second kappa shape index (κ2) is 7.53. The lowest BCUT2D eigenvalue weighted by atomic mass is 10.1. The summed E-state index contributed by atoms with van der Waals surface area (Å²) < 4.78 is 13.0. The molecule has 1 N–H and O–H groups in total. The highest BCUT2D eigenvalue weighted by Gasteiger charge is 2.29. The van der Waals surface area contributed by atoms with E-state index in [1.807, 2.05) is 14.1 Å². The fourth-order valence-corrected chi connectivity index (χ4v) is 2.26. The van der Waals surface area contributed by atoms with Crippen molar-refractivity contribution in [3.8, 4) is 0 Å². The van der Waals surface area contributed by atoms with Crippen LogP contribution in [0, 0.1) is 0 Å². The van der Waals surface area contributed by atoms with Crippen LogP contribution in [0.15, 0.2) is 12.4 Å². The highest BCUT2D eigenvalue weighted by atomic mass is 16.5. The van der Waals surface area contributed by atoms with Gasteiger partial charge in [0.25, 0.3) is 5.91 Å². The van der Waals surface area contributed by atoms with Gasteiger partial charge in [-0.3, -0.25) is 4.79 Å². The number of nitrogens with zero attached hydrogens (tertiary/aromatic N) is 3. The summed E-state index contributed by atoms with van der Waals surface area (Å²) in [6.07, 6.45) is 4.14. The number of likely N-dealkylation sites (N-methyl/N-ethyl adjacent to an activating group) is 1. The number of nitrogens with one attached hydrogen (secondary N) is 1. The lowest BCUT2D eigenvalue weighted by Crippen LogP contribution is -2.51. The summed E-state index contributed by atoms with van der Waals surface area (Å²) in [6, 6.07) is -0.134. The number of hydrogen-bond donors (Lipinski definition) is 1. The minimum Gasteiger partial charge on any atom is -0.379 e. The predicted octanol–water partition coefficient (Wildman–Crippen LogP) is -0.114. The van der Waals surface area contributed by atoms with E-state index in [1.165, 1.54) is 0 Å². The second-order valence-corrected chi connectivity index (χ2v) is 5.52. The van der Waals surface area contributed by atoms with E-state index in [0.717, 1.165) is 13.0 Å². The van der Waals surface area contributed by atoms with Crippen molar-refractivity contribution in [2.75, 3.05) is 40.5 Å². The first-order valence-corrected chi connectivity index (χ1v) is 7.20.